The Labute approximate surface area is 128 Å². The summed E-state index contributed by atoms with van der Waals surface area (Å²) in [6.07, 6.45) is 2.27. The SMILES string of the molecule is N#Cc1c(N2CCCC2)nn(Cc2ccc(Cl)cc2)c1N. The van der Waals surface area contributed by atoms with Crippen molar-refractivity contribution < 1.29 is 0 Å². The summed E-state index contributed by atoms with van der Waals surface area (Å²) in [4.78, 5) is 2.13. The molecule has 5 nitrogen and oxygen atoms in total. The third-order valence-corrected chi connectivity index (χ3v) is 3.99. The maximum absolute atomic E-state index is 9.35. The highest BCUT2D eigenvalue weighted by molar-refractivity contribution is 6.30. The van der Waals surface area contributed by atoms with Gasteiger partial charge in [0.1, 0.15) is 17.5 Å². The number of rotatable bonds is 3. The molecule has 0 amide bonds. The molecule has 0 unspecified atom stereocenters. The highest BCUT2D eigenvalue weighted by Gasteiger charge is 2.23. The molecule has 2 heterocycles. The Kier molecular flexibility index (Phi) is 3.72. The van der Waals surface area contributed by atoms with E-state index in [1.54, 1.807) is 4.68 Å². The molecule has 1 saturated heterocycles. The van der Waals surface area contributed by atoms with Crippen LogP contribution >= 0.6 is 11.6 Å². The van der Waals surface area contributed by atoms with Crippen LogP contribution in [0.1, 0.15) is 24.0 Å². The van der Waals surface area contributed by atoms with Gasteiger partial charge in [-0.15, -0.1) is 0 Å². The van der Waals surface area contributed by atoms with Gasteiger partial charge in [0, 0.05) is 18.1 Å². The molecule has 0 bridgehead atoms. The largest absolute Gasteiger partial charge is 0.383 e. The first-order valence-corrected chi connectivity index (χ1v) is 7.32. The van der Waals surface area contributed by atoms with Gasteiger partial charge in [0.05, 0.1) is 6.54 Å². The average molecular weight is 302 g/mol. The monoisotopic (exact) mass is 301 g/mol. The van der Waals surface area contributed by atoms with Crippen LogP contribution in [0.25, 0.3) is 0 Å². The Hall–Kier alpha value is -2.19. The van der Waals surface area contributed by atoms with Gasteiger partial charge < -0.3 is 10.6 Å². The van der Waals surface area contributed by atoms with Gasteiger partial charge in [0.15, 0.2) is 5.82 Å². The minimum absolute atomic E-state index is 0.425. The Balaban J connectivity index is 1.92. The van der Waals surface area contributed by atoms with E-state index < -0.39 is 0 Å². The number of nitriles is 1. The summed E-state index contributed by atoms with van der Waals surface area (Å²) in [5.41, 5.74) is 7.61. The molecular weight excluding hydrogens is 286 g/mol. The van der Waals surface area contributed by atoms with E-state index in [9.17, 15) is 5.26 Å². The van der Waals surface area contributed by atoms with E-state index >= 15 is 0 Å². The molecule has 0 atom stereocenters. The third-order valence-electron chi connectivity index (χ3n) is 3.74. The highest BCUT2D eigenvalue weighted by Crippen LogP contribution is 2.27. The molecule has 0 radical (unpaired) electrons. The lowest BCUT2D eigenvalue weighted by atomic mass is 10.2. The molecule has 1 aromatic heterocycles. The molecular formula is C15H16ClN5. The molecule has 0 spiro atoms. The van der Waals surface area contributed by atoms with E-state index in [2.05, 4.69) is 16.1 Å². The van der Waals surface area contributed by atoms with Crippen molar-refractivity contribution in [1.82, 2.24) is 9.78 Å². The smallest absolute Gasteiger partial charge is 0.170 e. The van der Waals surface area contributed by atoms with E-state index in [-0.39, 0.29) is 0 Å². The number of nitrogen functional groups attached to an aromatic ring is 1. The van der Waals surface area contributed by atoms with Gasteiger partial charge in [-0.05, 0) is 30.5 Å². The molecule has 6 heteroatoms. The molecule has 0 saturated carbocycles. The topological polar surface area (TPSA) is 70.9 Å². The first-order chi connectivity index (χ1) is 10.2. The number of benzene rings is 1. The van der Waals surface area contributed by atoms with Crippen LogP contribution in [0.4, 0.5) is 11.6 Å². The average Bonchev–Trinajstić information content (AvgIpc) is 3.10. The summed E-state index contributed by atoms with van der Waals surface area (Å²) in [7, 11) is 0. The highest BCUT2D eigenvalue weighted by atomic mass is 35.5. The van der Waals surface area contributed by atoms with Crippen molar-refractivity contribution in [3.63, 3.8) is 0 Å². The second kappa shape index (κ2) is 5.66. The van der Waals surface area contributed by atoms with Gasteiger partial charge in [-0.2, -0.15) is 10.4 Å². The molecule has 1 aliphatic heterocycles. The van der Waals surface area contributed by atoms with Crippen molar-refractivity contribution in [1.29, 1.82) is 5.26 Å². The Morgan fingerprint density at radius 1 is 1.24 bits per heavy atom. The Morgan fingerprint density at radius 3 is 2.52 bits per heavy atom. The maximum Gasteiger partial charge on any atom is 0.170 e. The number of nitrogens with two attached hydrogens (primary N) is 1. The Bertz CT molecular complexity index is 677. The normalized spacial score (nSPS) is 14.4. The van der Waals surface area contributed by atoms with Crippen LogP contribution in [-0.2, 0) is 6.54 Å². The van der Waals surface area contributed by atoms with Crippen molar-refractivity contribution in [2.75, 3.05) is 23.7 Å². The van der Waals surface area contributed by atoms with E-state index in [4.69, 9.17) is 17.3 Å². The molecule has 1 fully saturated rings. The predicted molar refractivity (Wildman–Crippen MR) is 83.4 cm³/mol. The van der Waals surface area contributed by atoms with Crippen LogP contribution in [0.2, 0.25) is 5.02 Å². The van der Waals surface area contributed by atoms with E-state index in [1.165, 1.54) is 0 Å². The lowest BCUT2D eigenvalue weighted by Crippen LogP contribution is -2.19. The quantitative estimate of drug-likeness (QED) is 0.946. The molecule has 21 heavy (non-hydrogen) atoms. The first kappa shape index (κ1) is 13.8. The summed E-state index contributed by atoms with van der Waals surface area (Å²) >= 11 is 5.89. The van der Waals surface area contributed by atoms with Gasteiger partial charge >= 0.3 is 0 Å². The minimum atomic E-state index is 0.425. The van der Waals surface area contributed by atoms with Gasteiger partial charge in [0.25, 0.3) is 0 Å². The zero-order valence-corrected chi connectivity index (χ0v) is 12.3. The van der Waals surface area contributed by atoms with E-state index in [0.29, 0.717) is 28.8 Å². The molecule has 1 aromatic carbocycles. The zero-order valence-electron chi connectivity index (χ0n) is 11.6. The Morgan fingerprint density at radius 2 is 1.90 bits per heavy atom. The molecule has 3 rings (SSSR count). The zero-order chi connectivity index (χ0) is 14.8. The second-order valence-electron chi connectivity index (χ2n) is 5.17. The number of hydrogen-bond acceptors (Lipinski definition) is 4. The van der Waals surface area contributed by atoms with Crippen LogP contribution < -0.4 is 10.6 Å². The molecule has 2 aromatic rings. The summed E-state index contributed by atoms with van der Waals surface area (Å²) in [6.45, 7) is 2.41. The van der Waals surface area contributed by atoms with Crippen molar-refractivity contribution in [3.8, 4) is 6.07 Å². The number of aromatic nitrogens is 2. The van der Waals surface area contributed by atoms with Crippen molar-refractivity contribution in [2.24, 2.45) is 0 Å². The molecule has 0 aliphatic carbocycles. The second-order valence-corrected chi connectivity index (χ2v) is 5.61. The predicted octanol–water partition coefficient (Wildman–Crippen LogP) is 2.64. The summed E-state index contributed by atoms with van der Waals surface area (Å²) in [5.74, 6) is 1.14. The number of halogens is 1. The maximum atomic E-state index is 9.35. The van der Waals surface area contributed by atoms with Crippen LogP contribution in [0.3, 0.4) is 0 Å². The van der Waals surface area contributed by atoms with Gasteiger partial charge in [0.2, 0.25) is 0 Å². The molecule has 2 N–H and O–H groups in total. The van der Waals surface area contributed by atoms with Gasteiger partial charge in [-0.25, -0.2) is 4.68 Å². The van der Waals surface area contributed by atoms with E-state index in [0.717, 1.165) is 31.5 Å². The number of nitrogens with zero attached hydrogens (tertiary/aromatic N) is 4. The van der Waals surface area contributed by atoms with Crippen LogP contribution in [-0.4, -0.2) is 22.9 Å². The van der Waals surface area contributed by atoms with Crippen LogP contribution in [0.15, 0.2) is 24.3 Å². The van der Waals surface area contributed by atoms with Crippen molar-refractivity contribution >= 4 is 23.2 Å². The lowest BCUT2D eigenvalue weighted by molar-refractivity contribution is 0.691. The first-order valence-electron chi connectivity index (χ1n) is 6.95. The minimum Gasteiger partial charge on any atom is -0.383 e. The summed E-state index contributed by atoms with van der Waals surface area (Å²) < 4.78 is 1.69. The number of anilines is 2. The lowest BCUT2D eigenvalue weighted by Gasteiger charge is -2.13. The molecule has 108 valence electrons. The summed E-state index contributed by atoms with van der Waals surface area (Å²) in [5, 5.41) is 14.6. The number of hydrogen-bond donors (Lipinski definition) is 1. The van der Waals surface area contributed by atoms with Gasteiger partial charge in [-0.3, -0.25) is 0 Å². The van der Waals surface area contributed by atoms with Crippen molar-refractivity contribution in [3.05, 3.63) is 40.4 Å². The van der Waals surface area contributed by atoms with Crippen LogP contribution in [0, 0.1) is 11.3 Å². The third kappa shape index (κ3) is 2.67. The fraction of sp³-hybridized carbons (Fsp3) is 0.333. The van der Waals surface area contributed by atoms with E-state index in [1.807, 2.05) is 24.3 Å². The standard InChI is InChI=1S/C15H16ClN5/c16-12-5-3-11(4-6-12)10-21-14(18)13(9-17)15(19-21)20-7-1-2-8-20/h3-6H,1-2,7-8,10,18H2. The van der Waals surface area contributed by atoms with Crippen LogP contribution in [0.5, 0.6) is 0 Å². The molecule has 1 aliphatic rings. The fourth-order valence-electron chi connectivity index (χ4n) is 2.60. The fourth-order valence-corrected chi connectivity index (χ4v) is 2.73. The van der Waals surface area contributed by atoms with Gasteiger partial charge in [-0.1, -0.05) is 23.7 Å². The summed E-state index contributed by atoms with van der Waals surface area (Å²) in [6, 6.07) is 9.73. The van der Waals surface area contributed by atoms with Crippen molar-refractivity contribution in [2.45, 2.75) is 19.4 Å².